The van der Waals surface area contributed by atoms with Crippen molar-refractivity contribution < 1.29 is 10.0 Å². The minimum absolute atomic E-state index is 0.415. The summed E-state index contributed by atoms with van der Waals surface area (Å²) in [7, 11) is 0. The van der Waals surface area contributed by atoms with Gasteiger partial charge in [-0.1, -0.05) is 30.0 Å². The largest absolute Gasteiger partial charge is 0.288 e. The zero-order valence-corrected chi connectivity index (χ0v) is 15.5. The summed E-state index contributed by atoms with van der Waals surface area (Å²) >= 11 is 1.44. The Balaban J connectivity index is 1.60. The van der Waals surface area contributed by atoms with Crippen LogP contribution >= 0.6 is 11.8 Å². The highest BCUT2D eigenvalue weighted by molar-refractivity contribution is 7.99. The maximum atomic E-state index is 11.8. The zero-order chi connectivity index (χ0) is 19.3. The Labute approximate surface area is 165 Å². The normalized spacial score (nSPS) is 11.2. The first kappa shape index (κ1) is 18.0. The Kier molecular flexibility index (Phi) is 5.18. The second kappa shape index (κ2) is 8.08. The molecule has 0 fully saturated rings. The summed E-state index contributed by atoms with van der Waals surface area (Å²) in [6.45, 7) is 0. The monoisotopic (exact) mass is 388 g/mol. The molecule has 0 spiro atoms. The third kappa shape index (κ3) is 3.80. The summed E-state index contributed by atoms with van der Waals surface area (Å²) in [5, 5.41) is 17.3. The van der Waals surface area contributed by atoms with Crippen molar-refractivity contribution >= 4 is 40.7 Å². The fraction of sp³-hybridized carbons (Fsp3) is 0. The summed E-state index contributed by atoms with van der Waals surface area (Å²) in [4.78, 5) is 17.8. The average molecular weight is 388 g/mol. The third-order valence-corrected chi connectivity index (χ3v) is 5.19. The van der Waals surface area contributed by atoms with Crippen LogP contribution in [-0.2, 0) is 0 Å². The minimum atomic E-state index is -0.535. The smallest absolute Gasteiger partial charge is 0.275 e. The van der Waals surface area contributed by atoms with Crippen molar-refractivity contribution in [2.75, 3.05) is 0 Å². The van der Waals surface area contributed by atoms with Gasteiger partial charge in [-0.3, -0.25) is 20.1 Å². The molecule has 0 saturated carbocycles. The van der Waals surface area contributed by atoms with Crippen LogP contribution in [0.3, 0.4) is 0 Å². The number of carbonyl (C=O) groups excluding carboxylic acids is 1. The maximum absolute atomic E-state index is 11.8. The summed E-state index contributed by atoms with van der Waals surface area (Å²) in [6, 6.07) is 18.8. The van der Waals surface area contributed by atoms with Crippen LogP contribution in [0.4, 0.5) is 0 Å². The van der Waals surface area contributed by atoms with E-state index in [1.165, 1.54) is 11.8 Å². The number of pyridine rings is 1. The van der Waals surface area contributed by atoms with Gasteiger partial charge < -0.3 is 0 Å². The minimum Gasteiger partial charge on any atom is -0.288 e. The highest BCUT2D eigenvalue weighted by Gasteiger charge is 2.12. The molecular weight excluding hydrogens is 372 g/mol. The first-order chi connectivity index (χ1) is 13.7. The van der Waals surface area contributed by atoms with Gasteiger partial charge in [-0.15, -0.1) is 0 Å². The molecule has 7 heteroatoms. The summed E-state index contributed by atoms with van der Waals surface area (Å²) in [5.41, 5.74) is 4.70. The van der Waals surface area contributed by atoms with Crippen molar-refractivity contribution in [3.05, 3.63) is 83.8 Å². The van der Waals surface area contributed by atoms with E-state index in [4.69, 9.17) is 5.21 Å². The van der Waals surface area contributed by atoms with Gasteiger partial charge in [0.25, 0.3) is 5.91 Å². The Morgan fingerprint density at radius 3 is 2.75 bits per heavy atom. The van der Waals surface area contributed by atoms with Crippen LogP contribution in [0.15, 0.2) is 76.7 Å². The molecule has 4 rings (SSSR count). The third-order valence-electron chi connectivity index (χ3n) is 4.12. The van der Waals surface area contributed by atoms with Crippen LogP contribution in [0.1, 0.15) is 21.7 Å². The van der Waals surface area contributed by atoms with Crippen molar-refractivity contribution in [1.82, 2.24) is 20.7 Å². The fourth-order valence-corrected chi connectivity index (χ4v) is 3.76. The van der Waals surface area contributed by atoms with Gasteiger partial charge in [0.05, 0.1) is 22.5 Å². The molecule has 0 radical (unpaired) electrons. The van der Waals surface area contributed by atoms with Gasteiger partial charge >= 0.3 is 0 Å². The second-order valence-electron chi connectivity index (χ2n) is 5.94. The molecule has 4 aromatic rings. The van der Waals surface area contributed by atoms with E-state index in [9.17, 15) is 4.79 Å². The average Bonchev–Trinajstić information content (AvgIpc) is 3.15. The van der Waals surface area contributed by atoms with E-state index in [2.05, 4.69) is 15.2 Å². The number of hydrogen-bond donors (Lipinski definition) is 3. The second-order valence-corrected chi connectivity index (χ2v) is 7.06. The number of benzene rings is 2. The molecule has 1 amide bonds. The van der Waals surface area contributed by atoms with Gasteiger partial charge in [0.15, 0.2) is 0 Å². The topological polar surface area (TPSA) is 90.9 Å². The molecule has 0 bridgehead atoms. The standard InChI is InChI=1S/C21H16N4O2S/c26-21(25-27)17-6-1-2-7-20(17)28-15-9-10-16-18(23-24-19(16)13-15)11-8-14-5-3-4-12-22-14/h1-13,27H,(H,23,24)(H,25,26)/b11-8+. The molecule has 2 aromatic heterocycles. The lowest BCUT2D eigenvalue weighted by atomic mass is 10.2. The molecule has 0 aliphatic heterocycles. The van der Waals surface area contributed by atoms with Gasteiger partial charge in [-0.05, 0) is 54.6 Å². The van der Waals surface area contributed by atoms with E-state index < -0.39 is 5.91 Å². The number of carbonyl (C=O) groups is 1. The van der Waals surface area contributed by atoms with Crippen LogP contribution < -0.4 is 5.48 Å². The summed E-state index contributed by atoms with van der Waals surface area (Å²) in [6.07, 6.45) is 5.59. The SMILES string of the molecule is O=C(NO)c1ccccc1Sc1ccc2c(/C=C/c3ccccn3)n[nH]c2c1. The molecule has 0 atom stereocenters. The lowest BCUT2D eigenvalue weighted by molar-refractivity contribution is 0.0703. The Hall–Kier alpha value is -3.42. The molecule has 0 aliphatic carbocycles. The Bertz CT molecular complexity index is 1160. The molecule has 2 aromatic carbocycles. The van der Waals surface area contributed by atoms with E-state index >= 15 is 0 Å². The number of nitrogens with one attached hydrogen (secondary N) is 2. The summed E-state index contributed by atoms with van der Waals surface area (Å²) in [5.74, 6) is -0.535. The molecule has 6 nitrogen and oxygen atoms in total. The van der Waals surface area contributed by atoms with Crippen LogP contribution in [-0.4, -0.2) is 26.3 Å². The van der Waals surface area contributed by atoms with E-state index in [1.54, 1.807) is 23.8 Å². The Morgan fingerprint density at radius 1 is 1.07 bits per heavy atom. The number of rotatable bonds is 5. The van der Waals surface area contributed by atoms with Gasteiger partial charge in [0, 0.05) is 21.4 Å². The lowest BCUT2D eigenvalue weighted by Gasteiger charge is -2.07. The van der Waals surface area contributed by atoms with Crippen LogP contribution in [0.25, 0.3) is 23.1 Å². The number of fused-ring (bicyclic) bond motifs is 1. The van der Waals surface area contributed by atoms with E-state index in [1.807, 2.05) is 60.7 Å². The highest BCUT2D eigenvalue weighted by Crippen LogP contribution is 2.32. The zero-order valence-electron chi connectivity index (χ0n) is 14.7. The number of hydroxylamine groups is 1. The molecule has 0 aliphatic rings. The van der Waals surface area contributed by atoms with Crippen molar-refractivity contribution in [2.24, 2.45) is 0 Å². The van der Waals surface area contributed by atoms with Crippen molar-refractivity contribution in [3.8, 4) is 0 Å². The van der Waals surface area contributed by atoms with E-state index in [0.717, 1.165) is 32.1 Å². The number of aromatic nitrogens is 3. The van der Waals surface area contributed by atoms with Crippen molar-refractivity contribution in [1.29, 1.82) is 0 Å². The van der Waals surface area contributed by atoms with E-state index in [0.29, 0.717) is 5.56 Å². The number of amides is 1. The molecule has 28 heavy (non-hydrogen) atoms. The van der Waals surface area contributed by atoms with Gasteiger partial charge in [0.1, 0.15) is 0 Å². The summed E-state index contributed by atoms with van der Waals surface area (Å²) < 4.78 is 0. The maximum Gasteiger partial charge on any atom is 0.275 e. The molecule has 3 N–H and O–H groups in total. The first-order valence-corrected chi connectivity index (χ1v) is 9.35. The molecule has 0 saturated heterocycles. The lowest BCUT2D eigenvalue weighted by Crippen LogP contribution is -2.19. The fourth-order valence-electron chi connectivity index (χ4n) is 2.78. The van der Waals surface area contributed by atoms with Crippen LogP contribution in [0, 0.1) is 0 Å². The predicted molar refractivity (Wildman–Crippen MR) is 109 cm³/mol. The van der Waals surface area contributed by atoms with Crippen molar-refractivity contribution in [3.63, 3.8) is 0 Å². The molecule has 2 heterocycles. The number of hydrogen-bond acceptors (Lipinski definition) is 5. The van der Waals surface area contributed by atoms with Crippen molar-refractivity contribution in [2.45, 2.75) is 9.79 Å². The molecular formula is C21H16N4O2S. The molecule has 138 valence electrons. The van der Waals surface area contributed by atoms with Gasteiger partial charge in [-0.2, -0.15) is 5.10 Å². The molecule has 0 unspecified atom stereocenters. The predicted octanol–water partition coefficient (Wildman–Crippen LogP) is 4.40. The van der Waals surface area contributed by atoms with Gasteiger partial charge in [0.2, 0.25) is 0 Å². The van der Waals surface area contributed by atoms with Gasteiger partial charge in [-0.25, -0.2) is 5.48 Å². The number of aromatic amines is 1. The first-order valence-electron chi connectivity index (χ1n) is 8.53. The van der Waals surface area contributed by atoms with Crippen LogP contribution in [0.2, 0.25) is 0 Å². The highest BCUT2D eigenvalue weighted by atomic mass is 32.2. The Morgan fingerprint density at radius 2 is 1.93 bits per heavy atom. The number of H-pyrrole nitrogens is 1. The van der Waals surface area contributed by atoms with Crippen LogP contribution in [0.5, 0.6) is 0 Å². The number of nitrogens with zero attached hydrogens (tertiary/aromatic N) is 2. The van der Waals surface area contributed by atoms with E-state index in [-0.39, 0.29) is 0 Å². The quantitative estimate of drug-likeness (QED) is 0.348.